The highest BCUT2D eigenvalue weighted by Gasteiger charge is 2.14. The normalized spacial score (nSPS) is 10.8. The Balaban J connectivity index is 1.83. The van der Waals surface area contributed by atoms with Crippen LogP contribution in [0.2, 0.25) is 0 Å². The standard InChI is InChI=1S/C18H20N4O2/c1-11-17(12(2)20-18(19-11)24-4)21-16(23)9-13-10-22(3)15-8-6-5-7-14(13)15/h5-8,10H,9H2,1-4H3,(H,21,23). The van der Waals surface area contributed by atoms with Crippen LogP contribution in [-0.4, -0.2) is 27.6 Å². The molecule has 0 spiro atoms. The monoisotopic (exact) mass is 324 g/mol. The number of aromatic nitrogens is 3. The van der Waals surface area contributed by atoms with Crippen molar-refractivity contribution in [3.05, 3.63) is 47.4 Å². The molecule has 3 aromatic rings. The first-order chi connectivity index (χ1) is 11.5. The Labute approximate surface area is 140 Å². The van der Waals surface area contributed by atoms with Crippen molar-refractivity contribution in [3.63, 3.8) is 0 Å². The SMILES string of the molecule is COc1nc(C)c(NC(=O)Cc2cn(C)c3ccccc23)c(C)n1. The van der Waals surface area contributed by atoms with E-state index in [1.54, 1.807) is 0 Å². The molecule has 0 fully saturated rings. The van der Waals surface area contributed by atoms with Crippen molar-refractivity contribution in [2.75, 3.05) is 12.4 Å². The van der Waals surface area contributed by atoms with E-state index in [2.05, 4.69) is 15.3 Å². The van der Waals surface area contributed by atoms with E-state index in [9.17, 15) is 4.79 Å². The molecule has 0 unspecified atom stereocenters. The maximum Gasteiger partial charge on any atom is 0.316 e. The van der Waals surface area contributed by atoms with Crippen LogP contribution < -0.4 is 10.1 Å². The molecule has 6 heteroatoms. The Kier molecular flexibility index (Phi) is 4.20. The van der Waals surface area contributed by atoms with Crippen LogP contribution in [0.15, 0.2) is 30.5 Å². The van der Waals surface area contributed by atoms with Gasteiger partial charge in [0.2, 0.25) is 5.91 Å². The Morgan fingerprint density at radius 2 is 1.88 bits per heavy atom. The van der Waals surface area contributed by atoms with Crippen molar-refractivity contribution in [3.8, 4) is 6.01 Å². The first kappa shape index (κ1) is 16.0. The second-order valence-electron chi connectivity index (χ2n) is 5.76. The molecular weight excluding hydrogens is 304 g/mol. The molecule has 1 amide bonds. The number of carbonyl (C=O) groups excluding carboxylic acids is 1. The topological polar surface area (TPSA) is 69.0 Å². The van der Waals surface area contributed by atoms with Crippen LogP contribution in [-0.2, 0) is 18.3 Å². The van der Waals surface area contributed by atoms with Gasteiger partial charge in [-0.1, -0.05) is 18.2 Å². The van der Waals surface area contributed by atoms with E-state index in [0.717, 1.165) is 16.5 Å². The summed E-state index contributed by atoms with van der Waals surface area (Å²) in [7, 11) is 3.50. The average Bonchev–Trinajstić information content (AvgIpc) is 2.87. The van der Waals surface area contributed by atoms with Crippen LogP contribution in [0.4, 0.5) is 5.69 Å². The smallest absolute Gasteiger partial charge is 0.316 e. The molecule has 0 atom stereocenters. The molecule has 1 aromatic carbocycles. The van der Waals surface area contributed by atoms with Crippen molar-refractivity contribution >= 4 is 22.5 Å². The molecule has 2 aromatic heterocycles. The third-order valence-corrected chi connectivity index (χ3v) is 4.03. The molecule has 0 saturated heterocycles. The summed E-state index contributed by atoms with van der Waals surface area (Å²) in [6.45, 7) is 3.65. The van der Waals surface area contributed by atoms with E-state index >= 15 is 0 Å². The van der Waals surface area contributed by atoms with Crippen LogP contribution in [0.5, 0.6) is 6.01 Å². The number of carbonyl (C=O) groups is 1. The van der Waals surface area contributed by atoms with Crippen LogP contribution in [0.3, 0.4) is 0 Å². The van der Waals surface area contributed by atoms with Gasteiger partial charge in [0.15, 0.2) is 0 Å². The van der Waals surface area contributed by atoms with Gasteiger partial charge < -0.3 is 14.6 Å². The van der Waals surface area contributed by atoms with Crippen molar-refractivity contribution in [1.29, 1.82) is 0 Å². The van der Waals surface area contributed by atoms with Gasteiger partial charge in [-0.25, -0.2) is 0 Å². The fourth-order valence-corrected chi connectivity index (χ4v) is 2.88. The van der Waals surface area contributed by atoms with Crippen LogP contribution in [0.25, 0.3) is 10.9 Å². The van der Waals surface area contributed by atoms with Crippen LogP contribution in [0, 0.1) is 13.8 Å². The highest BCUT2D eigenvalue weighted by atomic mass is 16.5. The van der Waals surface area contributed by atoms with Crippen molar-refractivity contribution < 1.29 is 9.53 Å². The lowest BCUT2D eigenvalue weighted by Gasteiger charge is -2.11. The Morgan fingerprint density at radius 1 is 1.21 bits per heavy atom. The van der Waals surface area contributed by atoms with Gasteiger partial charge in [0.1, 0.15) is 0 Å². The van der Waals surface area contributed by atoms with Gasteiger partial charge in [-0.2, -0.15) is 9.97 Å². The molecule has 0 bridgehead atoms. The zero-order chi connectivity index (χ0) is 17.3. The number of aryl methyl sites for hydroxylation is 3. The van der Waals surface area contributed by atoms with Crippen molar-refractivity contribution in [2.45, 2.75) is 20.3 Å². The zero-order valence-electron chi connectivity index (χ0n) is 14.3. The summed E-state index contributed by atoms with van der Waals surface area (Å²) in [5.41, 5.74) is 4.12. The van der Waals surface area contributed by atoms with E-state index in [1.165, 1.54) is 7.11 Å². The Morgan fingerprint density at radius 3 is 2.54 bits per heavy atom. The number of benzene rings is 1. The molecule has 6 nitrogen and oxygen atoms in total. The molecule has 24 heavy (non-hydrogen) atoms. The zero-order valence-corrected chi connectivity index (χ0v) is 14.3. The molecule has 3 rings (SSSR count). The predicted molar refractivity (Wildman–Crippen MR) is 93.3 cm³/mol. The number of nitrogens with zero attached hydrogens (tertiary/aromatic N) is 3. The van der Waals surface area contributed by atoms with Gasteiger partial charge in [0, 0.05) is 24.1 Å². The minimum absolute atomic E-state index is 0.0914. The molecule has 0 aliphatic heterocycles. The fourth-order valence-electron chi connectivity index (χ4n) is 2.88. The number of para-hydroxylation sites is 1. The lowest BCUT2D eigenvalue weighted by atomic mass is 10.1. The number of nitrogens with one attached hydrogen (secondary N) is 1. The van der Waals surface area contributed by atoms with E-state index in [0.29, 0.717) is 29.5 Å². The number of hydrogen-bond acceptors (Lipinski definition) is 4. The van der Waals surface area contributed by atoms with Gasteiger partial charge in [-0.15, -0.1) is 0 Å². The Bertz CT molecular complexity index is 892. The van der Waals surface area contributed by atoms with Crippen molar-refractivity contribution in [2.24, 2.45) is 7.05 Å². The number of anilines is 1. The number of methoxy groups -OCH3 is 1. The lowest BCUT2D eigenvalue weighted by Crippen LogP contribution is -2.17. The molecule has 0 radical (unpaired) electrons. The number of ether oxygens (including phenoxy) is 1. The third-order valence-electron chi connectivity index (χ3n) is 4.03. The number of hydrogen-bond donors (Lipinski definition) is 1. The minimum atomic E-state index is -0.0914. The second kappa shape index (κ2) is 6.31. The number of rotatable bonds is 4. The van der Waals surface area contributed by atoms with Gasteiger partial charge in [-0.3, -0.25) is 4.79 Å². The quantitative estimate of drug-likeness (QED) is 0.801. The first-order valence-corrected chi connectivity index (χ1v) is 7.71. The maximum absolute atomic E-state index is 12.5. The first-order valence-electron chi connectivity index (χ1n) is 7.71. The third kappa shape index (κ3) is 2.95. The van der Waals surface area contributed by atoms with E-state index in [4.69, 9.17) is 4.74 Å². The molecular formula is C18H20N4O2. The summed E-state index contributed by atoms with van der Waals surface area (Å²) < 4.78 is 7.08. The summed E-state index contributed by atoms with van der Waals surface area (Å²) in [5.74, 6) is -0.0914. The number of amides is 1. The molecule has 2 heterocycles. The van der Waals surface area contributed by atoms with Crippen LogP contribution >= 0.6 is 0 Å². The van der Waals surface area contributed by atoms with E-state index in [1.807, 2.05) is 55.9 Å². The average molecular weight is 324 g/mol. The highest BCUT2D eigenvalue weighted by molar-refractivity contribution is 5.96. The highest BCUT2D eigenvalue weighted by Crippen LogP contribution is 2.23. The summed E-state index contributed by atoms with van der Waals surface area (Å²) >= 11 is 0. The second-order valence-corrected chi connectivity index (χ2v) is 5.76. The molecule has 0 aliphatic carbocycles. The number of fused-ring (bicyclic) bond motifs is 1. The van der Waals surface area contributed by atoms with Gasteiger partial charge in [-0.05, 0) is 25.5 Å². The van der Waals surface area contributed by atoms with E-state index in [-0.39, 0.29) is 5.91 Å². The predicted octanol–water partition coefficient (Wildman–Crippen LogP) is 2.77. The maximum atomic E-state index is 12.5. The summed E-state index contributed by atoms with van der Waals surface area (Å²) in [6.07, 6.45) is 2.29. The molecule has 0 saturated carbocycles. The molecule has 1 N–H and O–H groups in total. The largest absolute Gasteiger partial charge is 0.467 e. The minimum Gasteiger partial charge on any atom is -0.467 e. The molecule has 124 valence electrons. The molecule has 0 aliphatic rings. The van der Waals surface area contributed by atoms with Crippen LogP contribution in [0.1, 0.15) is 17.0 Å². The van der Waals surface area contributed by atoms with Gasteiger partial charge in [0.05, 0.1) is 30.6 Å². The summed E-state index contributed by atoms with van der Waals surface area (Å²) in [4.78, 5) is 20.9. The fraction of sp³-hybridized carbons (Fsp3) is 0.278. The summed E-state index contributed by atoms with van der Waals surface area (Å²) in [5, 5.41) is 4.02. The Hall–Kier alpha value is -2.89. The van der Waals surface area contributed by atoms with Gasteiger partial charge >= 0.3 is 6.01 Å². The van der Waals surface area contributed by atoms with Crippen molar-refractivity contribution in [1.82, 2.24) is 14.5 Å². The van der Waals surface area contributed by atoms with Gasteiger partial charge in [0.25, 0.3) is 0 Å². The summed E-state index contributed by atoms with van der Waals surface area (Å²) in [6, 6.07) is 8.35. The van der Waals surface area contributed by atoms with E-state index < -0.39 is 0 Å². The lowest BCUT2D eigenvalue weighted by molar-refractivity contribution is -0.115.